The number of carbonyl (C=O) groups excluding carboxylic acids is 1. The van der Waals surface area contributed by atoms with Gasteiger partial charge >= 0.3 is 5.97 Å². The maximum atomic E-state index is 11.4. The Morgan fingerprint density at radius 1 is 1.35 bits per heavy atom. The van der Waals surface area contributed by atoms with Crippen LogP contribution in [0.3, 0.4) is 0 Å². The number of nitrogens with one attached hydrogen (secondary N) is 1. The highest BCUT2D eigenvalue weighted by Crippen LogP contribution is 2.18. The summed E-state index contributed by atoms with van der Waals surface area (Å²) in [6.45, 7) is 6.19. The second kappa shape index (κ2) is 8.28. The van der Waals surface area contributed by atoms with E-state index in [1.165, 1.54) is 17.8 Å². The number of nitrogens with zero attached hydrogens (tertiary/aromatic N) is 6. The molecular formula is C16H25N7O3. The lowest BCUT2D eigenvalue weighted by atomic mass is 10.2. The number of fused-ring (bicyclic) bond motifs is 1. The SMILES string of the molecule is COC(=O)Cc1cnc2nc(NCCCN3CCN(C)CC3)nn2c1O. The molecule has 3 rings (SSSR count). The Bertz CT molecular complexity index is 756. The van der Waals surface area contributed by atoms with E-state index in [1.807, 2.05) is 0 Å². The van der Waals surface area contributed by atoms with Crippen molar-refractivity contribution < 1.29 is 14.6 Å². The fourth-order valence-corrected chi connectivity index (χ4v) is 2.86. The quantitative estimate of drug-likeness (QED) is 0.501. The van der Waals surface area contributed by atoms with Gasteiger partial charge in [-0.2, -0.15) is 9.50 Å². The molecule has 142 valence electrons. The van der Waals surface area contributed by atoms with Crippen molar-refractivity contribution >= 4 is 17.7 Å². The highest BCUT2D eigenvalue weighted by Gasteiger charge is 2.16. The first-order valence-corrected chi connectivity index (χ1v) is 8.72. The van der Waals surface area contributed by atoms with Crippen LogP contribution in [0.15, 0.2) is 6.20 Å². The molecule has 2 aromatic rings. The van der Waals surface area contributed by atoms with Gasteiger partial charge in [0.1, 0.15) is 0 Å². The van der Waals surface area contributed by atoms with Crippen LogP contribution in [0.25, 0.3) is 5.78 Å². The molecule has 10 nitrogen and oxygen atoms in total. The summed E-state index contributed by atoms with van der Waals surface area (Å²) >= 11 is 0. The highest BCUT2D eigenvalue weighted by molar-refractivity contribution is 5.73. The van der Waals surface area contributed by atoms with Crippen molar-refractivity contribution in [3.8, 4) is 5.88 Å². The zero-order chi connectivity index (χ0) is 18.5. The van der Waals surface area contributed by atoms with Gasteiger partial charge in [0.25, 0.3) is 5.78 Å². The van der Waals surface area contributed by atoms with Gasteiger partial charge in [-0.05, 0) is 20.0 Å². The number of aromatic nitrogens is 4. The summed E-state index contributed by atoms with van der Waals surface area (Å²) in [7, 11) is 3.44. The lowest BCUT2D eigenvalue weighted by Crippen LogP contribution is -2.44. The Morgan fingerprint density at radius 3 is 2.85 bits per heavy atom. The van der Waals surface area contributed by atoms with Crippen LogP contribution in [0.2, 0.25) is 0 Å². The molecule has 1 aliphatic rings. The summed E-state index contributed by atoms with van der Waals surface area (Å²) in [6.07, 6.45) is 2.32. The van der Waals surface area contributed by atoms with Crippen LogP contribution in [0.1, 0.15) is 12.0 Å². The van der Waals surface area contributed by atoms with Crippen molar-refractivity contribution in [3.63, 3.8) is 0 Å². The fourth-order valence-electron chi connectivity index (χ4n) is 2.86. The van der Waals surface area contributed by atoms with E-state index in [1.54, 1.807) is 0 Å². The van der Waals surface area contributed by atoms with Crippen molar-refractivity contribution in [1.29, 1.82) is 0 Å². The predicted octanol–water partition coefficient (Wildman–Crippen LogP) is -0.405. The fraction of sp³-hybridized carbons (Fsp3) is 0.625. The molecule has 26 heavy (non-hydrogen) atoms. The minimum absolute atomic E-state index is 0.0705. The molecule has 0 aliphatic carbocycles. The number of rotatable bonds is 7. The first-order valence-electron chi connectivity index (χ1n) is 8.72. The van der Waals surface area contributed by atoms with Crippen molar-refractivity contribution in [2.24, 2.45) is 0 Å². The third-order valence-corrected chi connectivity index (χ3v) is 4.51. The van der Waals surface area contributed by atoms with Gasteiger partial charge in [-0.1, -0.05) is 0 Å². The number of methoxy groups -OCH3 is 1. The normalized spacial score (nSPS) is 16.1. The van der Waals surface area contributed by atoms with Crippen LogP contribution in [-0.4, -0.2) is 93.9 Å². The van der Waals surface area contributed by atoms with Crippen molar-refractivity contribution in [3.05, 3.63) is 11.8 Å². The maximum Gasteiger partial charge on any atom is 0.310 e. The van der Waals surface area contributed by atoms with Crippen molar-refractivity contribution in [2.75, 3.05) is 58.7 Å². The minimum atomic E-state index is -0.455. The second-order valence-corrected chi connectivity index (χ2v) is 6.43. The van der Waals surface area contributed by atoms with Crippen molar-refractivity contribution in [2.45, 2.75) is 12.8 Å². The van der Waals surface area contributed by atoms with Gasteiger partial charge in [0.05, 0.1) is 13.5 Å². The minimum Gasteiger partial charge on any atom is -0.493 e. The Balaban J connectivity index is 1.54. The summed E-state index contributed by atoms with van der Waals surface area (Å²) in [5.41, 5.74) is 0.343. The molecule has 0 unspecified atom stereocenters. The summed E-state index contributed by atoms with van der Waals surface area (Å²) in [5.74, 6) is 0.0706. The van der Waals surface area contributed by atoms with E-state index in [0.29, 0.717) is 11.5 Å². The van der Waals surface area contributed by atoms with Gasteiger partial charge < -0.3 is 25.0 Å². The summed E-state index contributed by atoms with van der Waals surface area (Å²) < 4.78 is 5.83. The summed E-state index contributed by atoms with van der Waals surface area (Å²) in [6, 6.07) is 0. The number of ether oxygens (including phenoxy) is 1. The third-order valence-electron chi connectivity index (χ3n) is 4.51. The number of hydrogen-bond donors (Lipinski definition) is 2. The second-order valence-electron chi connectivity index (χ2n) is 6.43. The van der Waals surface area contributed by atoms with Gasteiger partial charge in [-0.25, -0.2) is 4.98 Å². The molecule has 1 saturated heterocycles. The molecule has 0 atom stereocenters. The monoisotopic (exact) mass is 363 g/mol. The van der Waals surface area contributed by atoms with E-state index >= 15 is 0 Å². The Hall–Kier alpha value is -2.46. The van der Waals surface area contributed by atoms with E-state index in [9.17, 15) is 9.90 Å². The largest absolute Gasteiger partial charge is 0.493 e. The average Bonchev–Trinajstić information content (AvgIpc) is 3.06. The van der Waals surface area contributed by atoms with Gasteiger partial charge in [0, 0.05) is 44.5 Å². The Morgan fingerprint density at radius 2 is 2.12 bits per heavy atom. The van der Waals surface area contributed by atoms with E-state index in [2.05, 4.69) is 42.0 Å². The molecule has 0 bridgehead atoms. The molecule has 0 amide bonds. The van der Waals surface area contributed by atoms with Gasteiger partial charge in [0.15, 0.2) is 0 Å². The van der Waals surface area contributed by atoms with Crippen LogP contribution in [-0.2, 0) is 16.0 Å². The molecule has 1 aliphatic heterocycles. The van der Waals surface area contributed by atoms with E-state index in [4.69, 9.17) is 0 Å². The lowest BCUT2D eigenvalue weighted by molar-refractivity contribution is -0.139. The first-order chi connectivity index (χ1) is 12.6. The Kier molecular flexibility index (Phi) is 5.84. The lowest BCUT2D eigenvalue weighted by Gasteiger charge is -2.32. The topological polar surface area (TPSA) is 108 Å². The van der Waals surface area contributed by atoms with Crippen LogP contribution >= 0.6 is 0 Å². The molecule has 2 aromatic heterocycles. The van der Waals surface area contributed by atoms with Crippen molar-refractivity contribution in [1.82, 2.24) is 29.4 Å². The third kappa shape index (κ3) is 4.38. The molecular weight excluding hydrogens is 338 g/mol. The Labute approximate surface area is 151 Å². The number of aromatic hydroxyl groups is 1. The first kappa shape index (κ1) is 18.3. The number of piperazine rings is 1. The van der Waals surface area contributed by atoms with E-state index in [-0.39, 0.29) is 18.1 Å². The van der Waals surface area contributed by atoms with Crippen LogP contribution in [0, 0.1) is 0 Å². The van der Waals surface area contributed by atoms with E-state index < -0.39 is 5.97 Å². The molecule has 1 fully saturated rings. The number of likely N-dealkylation sites (N-methyl/N-ethyl adjacent to an activating group) is 1. The highest BCUT2D eigenvalue weighted by atomic mass is 16.5. The van der Waals surface area contributed by atoms with Crippen LogP contribution in [0.4, 0.5) is 5.95 Å². The summed E-state index contributed by atoms with van der Waals surface area (Å²) in [4.78, 5) is 24.5. The predicted molar refractivity (Wildman–Crippen MR) is 95.2 cm³/mol. The number of hydrogen-bond acceptors (Lipinski definition) is 9. The molecule has 0 aromatic carbocycles. The van der Waals surface area contributed by atoms with Crippen LogP contribution in [0.5, 0.6) is 5.88 Å². The smallest absolute Gasteiger partial charge is 0.310 e. The van der Waals surface area contributed by atoms with Crippen LogP contribution < -0.4 is 5.32 Å². The maximum absolute atomic E-state index is 11.4. The zero-order valence-corrected chi connectivity index (χ0v) is 15.2. The molecule has 0 saturated carbocycles. The molecule has 0 radical (unpaired) electrons. The molecule has 3 heterocycles. The van der Waals surface area contributed by atoms with Gasteiger partial charge in [-0.3, -0.25) is 4.79 Å². The zero-order valence-electron chi connectivity index (χ0n) is 15.2. The molecule has 10 heteroatoms. The molecule has 0 spiro atoms. The average molecular weight is 363 g/mol. The molecule has 2 N–H and O–H groups in total. The van der Waals surface area contributed by atoms with Gasteiger partial charge in [-0.15, -0.1) is 5.10 Å². The van der Waals surface area contributed by atoms with Gasteiger partial charge in [0.2, 0.25) is 11.8 Å². The number of carbonyl (C=O) groups is 1. The van der Waals surface area contributed by atoms with E-state index in [0.717, 1.165) is 45.7 Å². The summed E-state index contributed by atoms with van der Waals surface area (Å²) in [5, 5.41) is 17.6. The number of esters is 1. The number of anilines is 1. The standard InChI is InChI=1S/C16H25N7O3/c1-21-6-8-22(9-7-21)5-3-4-17-15-19-16-18-11-12(10-13(24)26-2)14(25)23(16)20-15/h11,25H,3-10H2,1-2H3,(H,17,20).